The van der Waals surface area contributed by atoms with Crippen molar-refractivity contribution in [1.82, 2.24) is 14.8 Å². The number of rotatable bonds is 5. The van der Waals surface area contributed by atoms with Gasteiger partial charge in [0.15, 0.2) is 22.6 Å². The molecule has 3 rings (SSSR count). The molecule has 0 bridgehead atoms. The maximum Gasteiger partial charge on any atom is 0.196 e. The maximum atomic E-state index is 13.4. The molecule has 0 amide bonds. The first-order valence-corrected chi connectivity index (χ1v) is 8.90. The highest BCUT2D eigenvalue weighted by molar-refractivity contribution is 8.00. The lowest BCUT2D eigenvalue weighted by Gasteiger charge is -2.13. The first kappa shape index (κ1) is 18.3. The highest BCUT2D eigenvalue weighted by Crippen LogP contribution is 2.28. The van der Waals surface area contributed by atoms with Gasteiger partial charge < -0.3 is 0 Å². The third-order valence-corrected chi connectivity index (χ3v) is 4.95. The average molecular weight is 373 g/mol. The van der Waals surface area contributed by atoms with Gasteiger partial charge in [0.1, 0.15) is 5.82 Å². The van der Waals surface area contributed by atoms with Crippen molar-refractivity contribution in [2.24, 2.45) is 0 Å². The van der Waals surface area contributed by atoms with Crippen LogP contribution in [0.1, 0.15) is 28.7 Å². The molecule has 134 valence electrons. The van der Waals surface area contributed by atoms with Gasteiger partial charge in [0.2, 0.25) is 0 Å². The fourth-order valence-corrected chi connectivity index (χ4v) is 3.57. The molecular formula is C19H17F2N3OS. The van der Waals surface area contributed by atoms with E-state index in [9.17, 15) is 13.6 Å². The predicted octanol–water partition coefficient (Wildman–Crippen LogP) is 4.53. The fraction of sp³-hybridized carbons (Fsp3) is 0.211. The zero-order valence-corrected chi connectivity index (χ0v) is 15.3. The Morgan fingerprint density at radius 3 is 2.54 bits per heavy atom. The molecule has 0 aliphatic heterocycles. The molecule has 1 atom stereocenters. The van der Waals surface area contributed by atoms with Crippen LogP contribution in [0.15, 0.2) is 47.6 Å². The lowest BCUT2D eigenvalue weighted by molar-refractivity contribution is 0.0993. The number of aromatic nitrogens is 3. The molecule has 0 radical (unpaired) electrons. The Hall–Kier alpha value is -2.54. The summed E-state index contributed by atoms with van der Waals surface area (Å²) in [5.41, 5.74) is 2.13. The number of benzene rings is 2. The van der Waals surface area contributed by atoms with E-state index in [-0.39, 0.29) is 11.3 Å². The quantitative estimate of drug-likeness (QED) is 0.487. The first-order valence-electron chi connectivity index (χ1n) is 8.02. The second kappa shape index (κ2) is 7.37. The summed E-state index contributed by atoms with van der Waals surface area (Å²) in [6.45, 7) is 5.53. The number of nitrogens with zero attached hydrogens (tertiary/aromatic N) is 3. The average Bonchev–Trinajstić information content (AvgIpc) is 2.97. The van der Waals surface area contributed by atoms with Crippen LogP contribution < -0.4 is 0 Å². The minimum Gasteiger partial charge on any atom is -0.293 e. The van der Waals surface area contributed by atoms with E-state index in [1.807, 2.05) is 42.7 Å². The topological polar surface area (TPSA) is 47.8 Å². The third-order valence-electron chi connectivity index (χ3n) is 3.91. The molecule has 0 saturated carbocycles. The minimum atomic E-state index is -1.04. The van der Waals surface area contributed by atoms with E-state index in [0.29, 0.717) is 11.0 Å². The van der Waals surface area contributed by atoms with Crippen LogP contribution in [-0.2, 0) is 0 Å². The van der Waals surface area contributed by atoms with Gasteiger partial charge in [-0.1, -0.05) is 23.9 Å². The molecular weight excluding hydrogens is 356 g/mol. The molecule has 0 saturated heterocycles. The number of thioether (sulfide) groups is 1. The summed E-state index contributed by atoms with van der Waals surface area (Å²) >= 11 is 1.23. The summed E-state index contributed by atoms with van der Waals surface area (Å²) < 4.78 is 28.3. The van der Waals surface area contributed by atoms with Gasteiger partial charge in [0.25, 0.3) is 0 Å². The van der Waals surface area contributed by atoms with Gasteiger partial charge in [-0.2, -0.15) is 0 Å². The predicted molar refractivity (Wildman–Crippen MR) is 96.8 cm³/mol. The number of halogens is 2. The number of hydrogen-bond acceptors (Lipinski definition) is 4. The zero-order valence-electron chi connectivity index (χ0n) is 14.5. The van der Waals surface area contributed by atoms with Crippen molar-refractivity contribution in [3.63, 3.8) is 0 Å². The van der Waals surface area contributed by atoms with Crippen molar-refractivity contribution in [3.8, 4) is 5.69 Å². The largest absolute Gasteiger partial charge is 0.293 e. The minimum absolute atomic E-state index is 0.127. The summed E-state index contributed by atoms with van der Waals surface area (Å²) in [5, 5.41) is 8.29. The summed E-state index contributed by atoms with van der Waals surface area (Å²) in [4.78, 5) is 12.6. The molecule has 0 N–H and O–H groups in total. The number of aryl methyl sites for hydroxylation is 2. The molecule has 0 unspecified atom stereocenters. The first-order chi connectivity index (χ1) is 12.4. The Labute approximate surface area is 154 Å². The van der Waals surface area contributed by atoms with Crippen LogP contribution >= 0.6 is 11.8 Å². The van der Waals surface area contributed by atoms with Crippen LogP contribution in [-0.4, -0.2) is 25.8 Å². The normalized spacial score (nSPS) is 12.2. The van der Waals surface area contributed by atoms with E-state index in [1.54, 1.807) is 6.92 Å². The second-order valence-electron chi connectivity index (χ2n) is 5.96. The van der Waals surface area contributed by atoms with E-state index >= 15 is 0 Å². The number of hydrogen-bond donors (Lipinski definition) is 0. The highest BCUT2D eigenvalue weighted by atomic mass is 32.2. The van der Waals surface area contributed by atoms with Crippen LogP contribution in [0.3, 0.4) is 0 Å². The number of carbonyl (C=O) groups excluding carboxylic acids is 1. The van der Waals surface area contributed by atoms with Crippen molar-refractivity contribution < 1.29 is 13.6 Å². The molecule has 26 heavy (non-hydrogen) atoms. The summed E-state index contributed by atoms with van der Waals surface area (Å²) in [5.74, 6) is -1.61. The highest BCUT2D eigenvalue weighted by Gasteiger charge is 2.22. The van der Waals surface area contributed by atoms with Gasteiger partial charge in [-0.3, -0.25) is 9.36 Å². The van der Waals surface area contributed by atoms with E-state index in [2.05, 4.69) is 10.2 Å². The lowest BCUT2D eigenvalue weighted by Crippen LogP contribution is -2.15. The van der Waals surface area contributed by atoms with Gasteiger partial charge in [0.05, 0.1) is 5.25 Å². The summed E-state index contributed by atoms with van der Waals surface area (Å²) in [6, 6.07) is 11.0. The zero-order chi connectivity index (χ0) is 18.8. The van der Waals surface area contributed by atoms with Crippen molar-refractivity contribution >= 4 is 17.5 Å². The molecule has 4 nitrogen and oxygen atoms in total. The fourth-order valence-electron chi connectivity index (χ4n) is 2.58. The van der Waals surface area contributed by atoms with E-state index in [1.165, 1.54) is 17.8 Å². The van der Waals surface area contributed by atoms with Crippen LogP contribution in [0.2, 0.25) is 0 Å². The standard InChI is InChI=1S/C19H17F2N3OS/c1-11-5-4-6-15(9-11)24-13(3)22-23-19(24)26-12(2)18(25)14-7-8-16(20)17(21)10-14/h4-10,12H,1-3H3/t12-/m1/s1. The Balaban J connectivity index is 1.87. The number of Topliss-reactive ketones (excluding diaryl/α,β-unsaturated/α-hetero) is 1. The van der Waals surface area contributed by atoms with Gasteiger partial charge in [-0.25, -0.2) is 8.78 Å². The summed E-state index contributed by atoms with van der Waals surface area (Å²) in [7, 11) is 0. The third kappa shape index (κ3) is 3.67. The smallest absolute Gasteiger partial charge is 0.196 e. The molecule has 2 aromatic carbocycles. The number of ketones is 1. The van der Waals surface area contributed by atoms with E-state index in [4.69, 9.17) is 0 Å². The Bertz CT molecular complexity index is 971. The van der Waals surface area contributed by atoms with Gasteiger partial charge >= 0.3 is 0 Å². The molecule has 1 aromatic heterocycles. The summed E-state index contributed by atoms with van der Waals surface area (Å²) in [6.07, 6.45) is 0. The Morgan fingerprint density at radius 2 is 1.85 bits per heavy atom. The monoisotopic (exact) mass is 373 g/mol. The van der Waals surface area contributed by atoms with Crippen molar-refractivity contribution in [2.45, 2.75) is 31.2 Å². The second-order valence-corrected chi connectivity index (χ2v) is 7.27. The molecule has 0 aliphatic rings. The van der Waals surface area contributed by atoms with Crippen LogP contribution in [0.4, 0.5) is 8.78 Å². The van der Waals surface area contributed by atoms with Crippen molar-refractivity contribution in [3.05, 3.63) is 71.1 Å². The van der Waals surface area contributed by atoms with E-state index in [0.717, 1.165) is 23.4 Å². The molecule has 3 aromatic rings. The van der Waals surface area contributed by atoms with Crippen molar-refractivity contribution in [1.29, 1.82) is 0 Å². The molecule has 1 heterocycles. The molecule has 0 aliphatic carbocycles. The van der Waals surface area contributed by atoms with E-state index < -0.39 is 16.9 Å². The molecule has 0 fully saturated rings. The Morgan fingerprint density at radius 1 is 1.08 bits per heavy atom. The van der Waals surface area contributed by atoms with Crippen LogP contribution in [0.5, 0.6) is 0 Å². The van der Waals surface area contributed by atoms with Crippen molar-refractivity contribution in [2.75, 3.05) is 0 Å². The Kier molecular flexibility index (Phi) is 5.18. The maximum absolute atomic E-state index is 13.4. The SMILES string of the molecule is Cc1cccc(-n2c(C)nnc2S[C@H](C)C(=O)c2ccc(F)c(F)c2)c1. The van der Waals surface area contributed by atoms with Gasteiger partial charge in [0, 0.05) is 11.3 Å². The molecule has 0 spiro atoms. The lowest BCUT2D eigenvalue weighted by atomic mass is 10.1. The van der Waals surface area contributed by atoms with Gasteiger partial charge in [-0.05, 0) is 56.7 Å². The van der Waals surface area contributed by atoms with Gasteiger partial charge in [-0.15, -0.1) is 10.2 Å². The van der Waals surface area contributed by atoms with Crippen LogP contribution in [0.25, 0.3) is 5.69 Å². The molecule has 7 heteroatoms. The van der Waals surface area contributed by atoms with Crippen LogP contribution in [0, 0.1) is 25.5 Å². The number of carbonyl (C=O) groups is 1.